The number of nitrogens with zero attached hydrogens (tertiary/aromatic N) is 1. The summed E-state index contributed by atoms with van der Waals surface area (Å²) in [5.41, 5.74) is -0.0884. The molecule has 0 N–H and O–H groups in total. The third kappa shape index (κ3) is 4.24. The van der Waals surface area contributed by atoms with Crippen molar-refractivity contribution in [1.82, 2.24) is 0 Å². The number of hydrogen-bond donors (Lipinski definition) is 0. The Morgan fingerprint density at radius 3 is 2.68 bits per heavy atom. The maximum absolute atomic E-state index is 11.6. The molecule has 0 unspecified atom stereocenters. The first-order valence-corrected chi connectivity index (χ1v) is 6.09. The molecule has 1 aromatic rings. The van der Waals surface area contributed by atoms with Crippen molar-refractivity contribution in [1.29, 1.82) is 0 Å². The second-order valence-electron chi connectivity index (χ2n) is 3.98. The first kappa shape index (κ1) is 14.9. The monoisotopic (exact) mass is 267 g/mol. The van der Waals surface area contributed by atoms with E-state index in [9.17, 15) is 14.9 Å². The zero-order valence-electron chi connectivity index (χ0n) is 11.0. The average molecular weight is 267 g/mol. The molecule has 0 atom stereocenters. The van der Waals surface area contributed by atoms with Crippen molar-refractivity contribution in [2.24, 2.45) is 0 Å². The van der Waals surface area contributed by atoms with Crippen LogP contribution >= 0.6 is 0 Å². The van der Waals surface area contributed by atoms with E-state index in [1.807, 2.05) is 0 Å². The fourth-order valence-corrected chi connectivity index (χ4v) is 1.56. The number of carbonyl (C=O) groups is 1. The third-order valence-electron chi connectivity index (χ3n) is 2.58. The highest BCUT2D eigenvalue weighted by molar-refractivity contribution is 5.93. The lowest BCUT2D eigenvalue weighted by atomic mass is 10.2. The highest BCUT2D eigenvalue weighted by Gasteiger charge is 2.18. The molecule has 0 aromatic heterocycles. The summed E-state index contributed by atoms with van der Waals surface area (Å²) in [6, 6.07) is 3.90. The zero-order chi connectivity index (χ0) is 14.3. The molecular weight excluding hydrogens is 250 g/mol. The predicted octanol–water partition coefficient (Wildman–Crippen LogP) is 2.95. The van der Waals surface area contributed by atoms with Gasteiger partial charge in [0, 0.05) is 12.1 Å². The van der Waals surface area contributed by atoms with Gasteiger partial charge in [0.05, 0.1) is 18.6 Å². The first-order valence-electron chi connectivity index (χ1n) is 6.09. The fourth-order valence-electron chi connectivity index (χ4n) is 1.56. The second kappa shape index (κ2) is 7.35. The summed E-state index contributed by atoms with van der Waals surface area (Å²) in [5, 5.41) is 10.7. The van der Waals surface area contributed by atoms with Crippen molar-refractivity contribution >= 4 is 11.7 Å². The van der Waals surface area contributed by atoms with Crippen LogP contribution in [0.25, 0.3) is 0 Å². The second-order valence-corrected chi connectivity index (χ2v) is 3.98. The molecule has 6 nitrogen and oxygen atoms in total. The topological polar surface area (TPSA) is 78.7 Å². The lowest BCUT2D eigenvalue weighted by molar-refractivity contribution is -0.384. The maximum Gasteiger partial charge on any atom is 0.341 e. The molecule has 0 radical (unpaired) electrons. The number of ether oxygens (including phenoxy) is 2. The Hall–Kier alpha value is -2.11. The van der Waals surface area contributed by atoms with Gasteiger partial charge in [0.15, 0.2) is 0 Å². The summed E-state index contributed by atoms with van der Waals surface area (Å²) in [6.07, 6.45) is 2.96. The van der Waals surface area contributed by atoms with Crippen LogP contribution in [0.15, 0.2) is 18.2 Å². The summed E-state index contributed by atoms with van der Waals surface area (Å²) < 4.78 is 10.1. The number of nitro groups is 1. The van der Waals surface area contributed by atoms with E-state index in [1.54, 1.807) is 0 Å². The van der Waals surface area contributed by atoms with Crippen LogP contribution in [0.5, 0.6) is 5.75 Å². The van der Waals surface area contributed by atoms with Gasteiger partial charge in [-0.3, -0.25) is 10.1 Å². The molecule has 0 saturated carbocycles. The number of methoxy groups -OCH3 is 1. The molecule has 0 amide bonds. The number of hydrogen-bond acceptors (Lipinski definition) is 5. The Bertz CT molecular complexity index is 458. The van der Waals surface area contributed by atoms with E-state index in [4.69, 9.17) is 4.74 Å². The molecule has 1 rings (SSSR count). The first-order chi connectivity index (χ1) is 9.10. The van der Waals surface area contributed by atoms with E-state index in [-0.39, 0.29) is 11.3 Å². The van der Waals surface area contributed by atoms with Gasteiger partial charge in [-0.25, -0.2) is 4.79 Å². The van der Waals surface area contributed by atoms with Crippen LogP contribution in [0.4, 0.5) is 5.69 Å². The van der Waals surface area contributed by atoms with Crippen molar-refractivity contribution in [2.45, 2.75) is 26.2 Å². The van der Waals surface area contributed by atoms with Crippen LogP contribution in [0.1, 0.15) is 36.5 Å². The van der Waals surface area contributed by atoms with Crippen LogP contribution in [0, 0.1) is 10.1 Å². The van der Waals surface area contributed by atoms with Crippen molar-refractivity contribution in [2.75, 3.05) is 13.7 Å². The van der Waals surface area contributed by atoms with Crippen molar-refractivity contribution in [3.05, 3.63) is 33.9 Å². The third-order valence-corrected chi connectivity index (χ3v) is 2.58. The highest BCUT2D eigenvalue weighted by Crippen LogP contribution is 2.25. The Labute approximate surface area is 111 Å². The highest BCUT2D eigenvalue weighted by atomic mass is 16.6. The minimum absolute atomic E-state index is 0.0770. The molecule has 0 fully saturated rings. The predicted molar refractivity (Wildman–Crippen MR) is 69.5 cm³/mol. The van der Waals surface area contributed by atoms with Gasteiger partial charge in [0.1, 0.15) is 11.3 Å². The van der Waals surface area contributed by atoms with Crippen LogP contribution in [-0.2, 0) is 4.74 Å². The molecule has 6 heteroatoms. The summed E-state index contributed by atoms with van der Waals surface area (Å²) in [4.78, 5) is 21.7. The molecule has 0 heterocycles. The zero-order valence-corrected chi connectivity index (χ0v) is 11.0. The Balaban J connectivity index is 2.89. The number of nitro benzene ring substituents is 1. The molecular formula is C13H17NO5. The molecule has 0 bridgehead atoms. The van der Waals surface area contributed by atoms with Crippen molar-refractivity contribution in [3.8, 4) is 5.75 Å². The van der Waals surface area contributed by atoms with E-state index in [0.717, 1.165) is 19.3 Å². The fraction of sp³-hybridized carbons (Fsp3) is 0.462. The minimum atomic E-state index is -0.644. The van der Waals surface area contributed by atoms with Gasteiger partial charge < -0.3 is 9.47 Å². The van der Waals surface area contributed by atoms with Gasteiger partial charge in [-0.1, -0.05) is 19.8 Å². The molecule has 0 aliphatic carbocycles. The summed E-state index contributed by atoms with van der Waals surface area (Å²) in [7, 11) is 1.22. The quantitative estimate of drug-likeness (QED) is 0.328. The molecule has 0 aliphatic heterocycles. The number of carbonyl (C=O) groups excluding carboxylic acids is 1. The smallest absolute Gasteiger partial charge is 0.341 e. The molecule has 104 valence electrons. The van der Waals surface area contributed by atoms with E-state index in [0.29, 0.717) is 12.4 Å². The summed E-state index contributed by atoms with van der Waals surface area (Å²) in [6.45, 7) is 2.54. The summed E-state index contributed by atoms with van der Waals surface area (Å²) in [5.74, 6) is -0.331. The number of esters is 1. The standard InChI is InChI=1S/C13H17NO5/c1-3-4-5-8-19-12-7-6-10(14(16)17)9-11(12)13(15)18-2/h6-7,9H,3-5,8H2,1-2H3. The Morgan fingerprint density at radius 2 is 2.11 bits per heavy atom. The number of non-ortho nitro benzene ring substituents is 1. The lowest BCUT2D eigenvalue weighted by Crippen LogP contribution is -2.07. The number of benzene rings is 1. The van der Waals surface area contributed by atoms with E-state index in [2.05, 4.69) is 11.7 Å². The van der Waals surface area contributed by atoms with Gasteiger partial charge >= 0.3 is 5.97 Å². The van der Waals surface area contributed by atoms with E-state index < -0.39 is 10.9 Å². The molecule has 1 aromatic carbocycles. The van der Waals surface area contributed by atoms with Crippen LogP contribution in [0.2, 0.25) is 0 Å². The number of rotatable bonds is 7. The molecule has 0 spiro atoms. The largest absolute Gasteiger partial charge is 0.493 e. The Kier molecular flexibility index (Phi) is 5.78. The minimum Gasteiger partial charge on any atom is -0.493 e. The normalized spacial score (nSPS) is 10.0. The summed E-state index contributed by atoms with van der Waals surface area (Å²) >= 11 is 0. The number of unbranched alkanes of at least 4 members (excludes halogenated alkanes) is 2. The lowest BCUT2D eigenvalue weighted by Gasteiger charge is -2.09. The maximum atomic E-state index is 11.6. The van der Waals surface area contributed by atoms with Crippen LogP contribution in [0.3, 0.4) is 0 Å². The van der Waals surface area contributed by atoms with Gasteiger partial charge in [0.25, 0.3) is 5.69 Å². The van der Waals surface area contributed by atoms with Gasteiger partial charge in [-0.15, -0.1) is 0 Å². The van der Waals surface area contributed by atoms with Crippen molar-refractivity contribution in [3.63, 3.8) is 0 Å². The van der Waals surface area contributed by atoms with Crippen LogP contribution < -0.4 is 4.74 Å². The molecule has 0 saturated heterocycles. The van der Waals surface area contributed by atoms with Crippen molar-refractivity contribution < 1.29 is 19.2 Å². The van der Waals surface area contributed by atoms with E-state index in [1.165, 1.54) is 25.3 Å². The van der Waals surface area contributed by atoms with Gasteiger partial charge in [-0.2, -0.15) is 0 Å². The average Bonchev–Trinajstić information content (AvgIpc) is 2.42. The van der Waals surface area contributed by atoms with E-state index >= 15 is 0 Å². The Morgan fingerprint density at radius 1 is 1.37 bits per heavy atom. The van der Waals surface area contributed by atoms with Gasteiger partial charge in [0.2, 0.25) is 0 Å². The SMILES string of the molecule is CCCCCOc1ccc([N+](=O)[O-])cc1C(=O)OC. The van der Waals surface area contributed by atoms with Crippen LogP contribution in [-0.4, -0.2) is 24.6 Å². The molecule has 19 heavy (non-hydrogen) atoms. The van der Waals surface area contributed by atoms with Gasteiger partial charge in [-0.05, 0) is 12.5 Å². The molecule has 0 aliphatic rings.